The number of benzene rings is 2. The van der Waals surface area contributed by atoms with Gasteiger partial charge in [-0.25, -0.2) is 4.99 Å². The van der Waals surface area contributed by atoms with Crippen molar-refractivity contribution in [2.45, 2.75) is 13.3 Å². The van der Waals surface area contributed by atoms with Gasteiger partial charge in [0.1, 0.15) is 12.3 Å². The van der Waals surface area contributed by atoms with Gasteiger partial charge in [-0.2, -0.15) is 0 Å². The van der Waals surface area contributed by atoms with Crippen LogP contribution in [0.3, 0.4) is 0 Å². The van der Waals surface area contributed by atoms with E-state index in [1.807, 2.05) is 31.2 Å². The number of carbonyl (C=O) groups is 1. The number of amides is 1. The average molecular weight is 503 g/mol. The van der Waals surface area contributed by atoms with Crippen LogP contribution in [0.5, 0.6) is 5.75 Å². The molecule has 0 aliphatic heterocycles. The highest BCUT2D eigenvalue weighted by molar-refractivity contribution is 14.0. The third-order valence-electron chi connectivity index (χ3n) is 3.47. The van der Waals surface area contributed by atoms with E-state index < -0.39 is 0 Å². The Kier molecular flexibility index (Phi) is 10.6. The van der Waals surface area contributed by atoms with Crippen LogP contribution in [0.4, 0.5) is 5.69 Å². The van der Waals surface area contributed by atoms with Crippen LogP contribution in [-0.2, 0) is 11.2 Å². The fourth-order valence-corrected chi connectivity index (χ4v) is 2.47. The van der Waals surface area contributed by atoms with E-state index in [0.717, 1.165) is 12.0 Å². The predicted octanol–water partition coefficient (Wildman–Crippen LogP) is 3.40. The van der Waals surface area contributed by atoms with E-state index in [-0.39, 0.29) is 42.2 Å². The van der Waals surface area contributed by atoms with E-state index >= 15 is 0 Å². The summed E-state index contributed by atoms with van der Waals surface area (Å²) < 4.78 is 0. The summed E-state index contributed by atoms with van der Waals surface area (Å²) in [5.41, 5.74) is 1.74. The number of phenolic OH excluding ortho intramolecular Hbond substituents is 1. The molecule has 0 spiro atoms. The van der Waals surface area contributed by atoms with Gasteiger partial charge in [0.05, 0.1) is 0 Å². The molecule has 0 fully saturated rings. The zero-order valence-corrected chi connectivity index (χ0v) is 18.1. The number of guanidine groups is 1. The van der Waals surface area contributed by atoms with Gasteiger partial charge in [0.2, 0.25) is 5.91 Å². The molecule has 2 aromatic rings. The van der Waals surface area contributed by atoms with Gasteiger partial charge in [0, 0.05) is 23.8 Å². The van der Waals surface area contributed by atoms with Crippen LogP contribution in [0.1, 0.15) is 12.5 Å². The molecule has 0 aliphatic rings. The number of aliphatic imine (C=N–C) groups is 1. The number of carbonyl (C=O) groups excluding carboxylic acids is 1. The largest absolute Gasteiger partial charge is 0.508 e. The molecular formula is C19H24ClIN4O2. The molecule has 2 rings (SSSR count). The first-order chi connectivity index (χ1) is 12.6. The number of anilines is 1. The van der Waals surface area contributed by atoms with Gasteiger partial charge in [-0.15, -0.1) is 24.0 Å². The number of hydrogen-bond acceptors (Lipinski definition) is 3. The fraction of sp³-hybridized carbons (Fsp3) is 0.263. The molecule has 8 heteroatoms. The van der Waals surface area contributed by atoms with Crippen molar-refractivity contribution in [1.29, 1.82) is 0 Å². The van der Waals surface area contributed by atoms with Crippen LogP contribution in [0.25, 0.3) is 0 Å². The second-order valence-corrected chi connectivity index (χ2v) is 6.03. The van der Waals surface area contributed by atoms with Crippen molar-refractivity contribution >= 4 is 53.1 Å². The number of aromatic hydroxyl groups is 1. The molecule has 0 saturated carbocycles. The van der Waals surface area contributed by atoms with Gasteiger partial charge in [-0.3, -0.25) is 4.79 Å². The summed E-state index contributed by atoms with van der Waals surface area (Å²) >= 11 is 5.98. The van der Waals surface area contributed by atoms with Gasteiger partial charge < -0.3 is 21.1 Å². The van der Waals surface area contributed by atoms with Crippen LogP contribution < -0.4 is 16.0 Å². The number of halogens is 2. The molecule has 0 aliphatic carbocycles. The molecule has 2 aromatic carbocycles. The van der Waals surface area contributed by atoms with Crippen molar-refractivity contribution in [3.63, 3.8) is 0 Å². The SMILES string of the molecule is CCNC(=NCC(=O)Nc1ccc(O)cc1)NCCc1cccc(Cl)c1.I. The van der Waals surface area contributed by atoms with Crippen LogP contribution in [0.2, 0.25) is 5.02 Å². The van der Waals surface area contributed by atoms with E-state index in [1.165, 1.54) is 12.1 Å². The molecule has 0 heterocycles. The normalized spacial score (nSPS) is 10.7. The molecular weight excluding hydrogens is 479 g/mol. The number of rotatable bonds is 7. The van der Waals surface area contributed by atoms with Gasteiger partial charge >= 0.3 is 0 Å². The monoisotopic (exact) mass is 502 g/mol. The summed E-state index contributed by atoms with van der Waals surface area (Å²) in [6.07, 6.45) is 0.796. The standard InChI is InChI=1S/C19H23ClN4O2.HI/c1-2-21-19(22-11-10-14-4-3-5-15(20)12-14)23-13-18(26)24-16-6-8-17(25)9-7-16;/h3-9,12,25H,2,10-11,13H2,1H3,(H,24,26)(H2,21,22,23);1H. The Balaban J connectivity index is 0.00000364. The molecule has 27 heavy (non-hydrogen) atoms. The van der Waals surface area contributed by atoms with Crippen molar-refractivity contribution in [3.8, 4) is 5.75 Å². The Bertz CT molecular complexity index is 754. The Hall–Kier alpha value is -2.00. The molecule has 146 valence electrons. The third-order valence-corrected chi connectivity index (χ3v) is 3.71. The highest BCUT2D eigenvalue weighted by atomic mass is 127. The first-order valence-corrected chi connectivity index (χ1v) is 8.80. The minimum atomic E-state index is -0.234. The van der Waals surface area contributed by atoms with Gasteiger partial charge in [0.25, 0.3) is 0 Å². The summed E-state index contributed by atoms with van der Waals surface area (Å²) in [6.45, 7) is 3.33. The number of hydrogen-bond donors (Lipinski definition) is 4. The fourth-order valence-electron chi connectivity index (χ4n) is 2.26. The lowest BCUT2D eigenvalue weighted by Crippen LogP contribution is -2.39. The molecule has 0 bridgehead atoms. The molecule has 4 N–H and O–H groups in total. The van der Waals surface area contributed by atoms with Crippen molar-refractivity contribution in [1.82, 2.24) is 10.6 Å². The molecule has 6 nitrogen and oxygen atoms in total. The summed E-state index contributed by atoms with van der Waals surface area (Å²) in [7, 11) is 0. The lowest BCUT2D eigenvalue weighted by Gasteiger charge is -2.11. The molecule has 0 atom stereocenters. The number of nitrogens with one attached hydrogen (secondary N) is 3. The number of nitrogens with zero attached hydrogens (tertiary/aromatic N) is 1. The van der Waals surface area contributed by atoms with Crippen molar-refractivity contribution in [2.75, 3.05) is 25.0 Å². The van der Waals surface area contributed by atoms with Crippen molar-refractivity contribution < 1.29 is 9.90 Å². The molecule has 1 amide bonds. The maximum Gasteiger partial charge on any atom is 0.246 e. The second kappa shape index (κ2) is 12.4. The highest BCUT2D eigenvalue weighted by Crippen LogP contribution is 2.13. The van der Waals surface area contributed by atoms with Crippen LogP contribution in [0.15, 0.2) is 53.5 Å². The first kappa shape index (κ1) is 23.0. The lowest BCUT2D eigenvalue weighted by molar-refractivity contribution is -0.114. The van der Waals surface area contributed by atoms with Crippen LogP contribution in [0, 0.1) is 0 Å². The summed E-state index contributed by atoms with van der Waals surface area (Å²) in [6, 6.07) is 14.0. The van der Waals surface area contributed by atoms with Crippen molar-refractivity contribution in [3.05, 3.63) is 59.1 Å². The topological polar surface area (TPSA) is 85.8 Å². The van der Waals surface area contributed by atoms with Crippen LogP contribution in [-0.4, -0.2) is 36.6 Å². The highest BCUT2D eigenvalue weighted by Gasteiger charge is 2.03. The quantitative estimate of drug-likeness (QED) is 0.202. The van der Waals surface area contributed by atoms with Gasteiger partial charge in [-0.05, 0) is 55.3 Å². The summed E-state index contributed by atoms with van der Waals surface area (Å²) in [5.74, 6) is 0.498. The Morgan fingerprint density at radius 2 is 1.89 bits per heavy atom. The Labute approximate surface area is 181 Å². The van der Waals surface area contributed by atoms with Gasteiger partial charge in [-0.1, -0.05) is 23.7 Å². The smallest absolute Gasteiger partial charge is 0.246 e. The van der Waals surface area contributed by atoms with E-state index in [0.29, 0.717) is 29.8 Å². The van der Waals surface area contributed by atoms with Crippen LogP contribution >= 0.6 is 35.6 Å². The van der Waals surface area contributed by atoms with E-state index in [4.69, 9.17) is 11.6 Å². The third kappa shape index (κ3) is 8.96. The maximum absolute atomic E-state index is 12.0. The summed E-state index contributed by atoms with van der Waals surface area (Å²) in [5, 5.41) is 19.0. The molecule has 0 radical (unpaired) electrons. The maximum atomic E-state index is 12.0. The van der Waals surface area contributed by atoms with E-state index in [2.05, 4.69) is 20.9 Å². The molecule has 0 saturated heterocycles. The van der Waals surface area contributed by atoms with E-state index in [1.54, 1.807) is 12.1 Å². The number of phenols is 1. The van der Waals surface area contributed by atoms with Crippen molar-refractivity contribution in [2.24, 2.45) is 4.99 Å². The Morgan fingerprint density at radius 1 is 1.15 bits per heavy atom. The van der Waals surface area contributed by atoms with E-state index in [9.17, 15) is 9.90 Å². The lowest BCUT2D eigenvalue weighted by atomic mass is 10.1. The second-order valence-electron chi connectivity index (χ2n) is 5.60. The first-order valence-electron chi connectivity index (χ1n) is 8.42. The average Bonchev–Trinajstić information content (AvgIpc) is 2.62. The van der Waals surface area contributed by atoms with Gasteiger partial charge in [0.15, 0.2) is 5.96 Å². The minimum Gasteiger partial charge on any atom is -0.508 e. The predicted molar refractivity (Wildman–Crippen MR) is 121 cm³/mol. The molecule has 0 unspecified atom stereocenters. The zero-order valence-electron chi connectivity index (χ0n) is 15.0. The molecule has 0 aromatic heterocycles. The zero-order chi connectivity index (χ0) is 18.8. The Morgan fingerprint density at radius 3 is 2.56 bits per heavy atom. The minimum absolute atomic E-state index is 0. The summed E-state index contributed by atoms with van der Waals surface area (Å²) in [4.78, 5) is 16.3.